The van der Waals surface area contributed by atoms with Gasteiger partial charge in [0, 0.05) is 12.5 Å². The molecule has 1 aromatic heterocycles. The van der Waals surface area contributed by atoms with Crippen LogP contribution in [0.1, 0.15) is 46.4 Å². The van der Waals surface area contributed by atoms with Gasteiger partial charge >= 0.3 is 6.36 Å². The summed E-state index contributed by atoms with van der Waals surface area (Å²) in [6.07, 6.45) is -2.64. The number of aromatic hydroxyl groups is 1. The molecule has 2 aromatic carbocycles. The Labute approximate surface area is 196 Å². The molecule has 0 bridgehead atoms. The van der Waals surface area contributed by atoms with Crippen LogP contribution in [0.25, 0.3) is 0 Å². The lowest BCUT2D eigenvalue weighted by Gasteiger charge is -2.42. The summed E-state index contributed by atoms with van der Waals surface area (Å²) in [6.45, 7) is 0.414. The standard InChI is InChI=1S/C24H19F4N3O4/c25-15-7-3-13(4-8-15)19(14-5-9-16(10-6-14)35-24(26,27)28)20-17-2-1-11-30(17)23(34)21-22(33)18(32)12-29-31(20)21/h3-10,12,17,19-20,33H,1-2,11H2/t17-,19?,20-/m1/s1. The molecule has 1 fully saturated rings. The summed E-state index contributed by atoms with van der Waals surface area (Å²) >= 11 is 0. The highest BCUT2D eigenvalue weighted by molar-refractivity contribution is 5.96. The summed E-state index contributed by atoms with van der Waals surface area (Å²) in [6, 6.07) is 9.92. The zero-order valence-electron chi connectivity index (χ0n) is 18.1. The van der Waals surface area contributed by atoms with E-state index in [-0.39, 0.29) is 11.7 Å². The number of ether oxygens (including phenoxy) is 1. The van der Waals surface area contributed by atoms with Gasteiger partial charge in [0.2, 0.25) is 5.43 Å². The molecule has 1 saturated heterocycles. The van der Waals surface area contributed by atoms with Crippen molar-refractivity contribution >= 4 is 5.91 Å². The van der Waals surface area contributed by atoms with E-state index in [4.69, 9.17) is 0 Å². The van der Waals surface area contributed by atoms with Crippen LogP contribution in [0.5, 0.6) is 11.5 Å². The molecule has 35 heavy (non-hydrogen) atoms. The molecule has 3 heterocycles. The number of hydrogen-bond acceptors (Lipinski definition) is 5. The highest BCUT2D eigenvalue weighted by Crippen LogP contribution is 2.46. The van der Waals surface area contributed by atoms with Crippen LogP contribution in [0, 0.1) is 5.82 Å². The maximum atomic E-state index is 13.7. The van der Waals surface area contributed by atoms with Crippen molar-refractivity contribution in [2.75, 3.05) is 6.54 Å². The van der Waals surface area contributed by atoms with Gasteiger partial charge in [-0.15, -0.1) is 13.2 Å². The average molecular weight is 489 g/mol. The van der Waals surface area contributed by atoms with Gasteiger partial charge in [0.25, 0.3) is 5.91 Å². The third-order valence-electron chi connectivity index (χ3n) is 6.47. The number of alkyl halides is 3. The second-order valence-corrected chi connectivity index (χ2v) is 8.50. The fourth-order valence-electron chi connectivity index (χ4n) is 5.08. The van der Waals surface area contributed by atoms with E-state index in [0.29, 0.717) is 30.5 Å². The first-order valence-corrected chi connectivity index (χ1v) is 10.9. The number of fused-ring (bicyclic) bond motifs is 2. The predicted octanol–water partition coefficient (Wildman–Crippen LogP) is 3.98. The molecule has 5 rings (SSSR count). The number of amides is 1. The van der Waals surface area contributed by atoms with Crippen molar-refractivity contribution in [3.05, 3.63) is 87.6 Å². The number of rotatable bonds is 4. The first kappa shape index (κ1) is 22.9. The normalized spacial score (nSPS) is 20.3. The zero-order valence-corrected chi connectivity index (χ0v) is 18.1. The molecule has 0 spiro atoms. The van der Waals surface area contributed by atoms with E-state index in [0.717, 1.165) is 6.20 Å². The topological polar surface area (TPSA) is 84.7 Å². The summed E-state index contributed by atoms with van der Waals surface area (Å²) < 4.78 is 57.0. The van der Waals surface area contributed by atoms with Crippen molar-refractivity contribution in [3.63, 3.8) is 0 Å². The average Bonchev–Trinajstić information content (AvgIpc) is 3.29. The first-order chi connectivity index (χ1) is 16.6. The minimum atomic E-state index is -4.85. The van der Waals surface area contributed by atoms with Crippen LogP contribution in [-0.4, -0.2) is 44.6 Å². The molecule has 1 N–H and O–H groups in total. The fourth-order valence-corrected chi connectivity index (χ4v) is 5.08. The first-order valence-electron chi connectivity index (χ1n) is 10.9. The van der Waals surface area contributed by atoms with Crippen molar-refractivity contribution in [1.29, 1.82) is 0 Å². The molecule has 1 unspecified atom stereocenters. The Morgan fingerprint density at radius 3 is 2.29 bits per heavy atom. The molecule has 0 saturated carbocycles. The van der Waals surface area contributed by atoms with E-state index < -0.39 is 47.0 Å². The van der Waals surface area contributed by atoms with Gasteiger partial charge < -0.3 is 14.7 Å². The largest absolute Gasteiger partial charge is 0.573 e. The van der Waals surface area contributed by atoms with Gasteiger partial charge in [-0.3, -0.25) is 14.3 Å². The Morgan fingerprint density at radius 1 is 1.03 bits per heavy atom. The van der Waals surface area contributed by atoms with E-state index >= 15 is 0 Å². The Kier molecular flexibility index (Phi) is 5.49. The number of nitrogens with zero attached hydrogens (tertiary/aromatic N) is 3. The smallest absolute Gasteiger partial charge is 0.502 e. The monoisotopic (exact) mass is 489 g/mol. The molecule has 2 aliphatic heterocycles. The fraction of sp³-hybridized carbons (Fsp3) is 0.292. The Hall–Kier alpha value is -3.89. The Bertz CT molecular complexity index is 1320. The number of carbonyl (C=O) groups is 1. The van der Waals surface area contributed by atoms with Gasteiger partial charge in [-0.25, -0.2) is 4.39 Å². The van der Waals surface area contributed by atoms with Gasteiger partial charge in [-0.2, -0.15) is 5.10 Å². The Morgan fingerprint density at radius 2 is 1.66 bits per heavy atom. The van der Waals surface area contributed by atoms with Crippen LogP contribution >= 0.6 is 0 Å². The van der Waals surface area contributed by atoms with Gasteiger partial charge in [0.1, 0.15) is 11.6 Å². The van der Waals surface area contributed by atoms with Crippen molar-refractivity contribution in [2.24, 2.45) is 0 Å². The van der Waals surface area contributed by atoms with Crippen LogP contribution in [0.15, 0.2) is 59.5 Å². The number of hydrogen-bond donors (Lipinski definition) is 1. The number of halogens is 4. The van der Waals surface area contributed by atoms with Gasteiger partial charge in [0.15, 0.2) is 11.4 Å². The molecule has 11 heteroatoms. The van der Waals surface area contributed by atoms with Crippen LogP contribution in [-0.2, 0) is 0 Å². The maximum Gasteiger partial charge on any atom is 0.573 e. The van der Waals surface area contributed by atoms with E-state index in [1.54, 1.807) is 17.0 Å². The van der Waals surface area contributed by atoms with Crippen molar-refractivity contribution in [3.8, 4) is 11.5 Å². The molecular formula is C24H19F4N3O4. The zero-order chi connectivity index (χ0) is 24.9. The molecule has 7 nitrogen and oxygen atoms in total. The quantitative estimate of drug-likeness (QED) is 0.561. The lowest BCUT2D eigenvalue weighted by Crippen LogP contribution is -2.50. The number of aromatic nitrogens is 2. The lowest BCUT2D eigenvalue weighted by molar-refractivity contribution is -0.274. The minimum Gasteiger partial charge on any atom is -0.502 e. The van der Waals surface area contributed by atoms with Crippen LogP contribution in [0.3, 0.4) is 0 Å². The van der Waals surface area contributed by atoms with E-state index in [2.05, 4.69) is 9.84 Å². The molecule has 0 radical (unpaired) electrons. The molecule has 3 atom stereocenters. The van der Waals surface area contributed by atoms with E-state index in [1.807, 2.05) is 0 Å². The van der Waals surface area contributed by atoms with Crippen LogP contribution < -0.4 is 10.2 Å². The molecule has 2 aliphatic rings. The maximum absolute atomic E-state index is 13.7. The SMILES string of the molecule is O=C1c2c(O)c(=O)cnn2[C@@H](C(c2ccc(F)cc2)c2ccc(OC(F)(F)F)cc2)[C@H]2CCCN12. The third kappa shape index (κ3) is 4.11. The second kappa shape index (κ2) is 8.40. The van der Waals surface area contributed by atoms with Gasteiger partial charge in [-0.1, -0.05) is 24.3 Å². The highest BCUT2D eigenvalue weighted by Gasteiger charge is 2.48. The molecule has 3 aromatic rings. The highest BCUT2D eigenvalue weighted by atomic mass is 19.4. The van der Waals surface area contributed by atoms with Gasteiger partial charge in [0.05, 0.1) is 18.3 Å². The third-order valence-corrected chi connectivity index (χ3v) is 6.47. The number of benzene rings is 2. The van der Waals surface area contributed by atoms with Crippen molar-refractivity contribution in [2.45, 2.75) is 37.2 Å². The van der Waals surface area contributed by atoms with Crippen LogP contribution in [0.2, 0.25) is 0 Å². The minimum absolute atomic E-state index is 0.246. The molecular weight excluding hydrogens is 470 g/mol. The summed E-state index contributed by atoms with van der Waals surface area (Å²) in [5.41, 5.74) is 0.133. The second-order valence-electron chi connectivity index (χ2n) is 8.50. The van der Waals surface area contributed by atoms with Crippen molar-refractivity contribution < 1.29 is 32.2 Å². The predicted molar refractivity (Wildman–Crippen MR) is 115 cm³/mol. The van der Waals surface area contributed by atoms with Crippen molar-refractivity contribution in [1.82, 2.24) is 14.7 Å². The summed E-state index contributed by atoms with van der Waals surface area (Å²) in [7, 11) is 0. The van der Waals surface area contributed by atoms with Crippen LogP contribution in [0.4, 0.5) is 17.6 Å². The number of carbonyl (C=O) groups excluding carboxylic acids is 1. The lowest BCUT2D eigenvalue weighted by atomic mass is 9.80. The van der Waals surface area contributed by atoms with Gasteiger partial charge in [-0.05, 0) is 48.2 Å². The van der Waals surface area contributed by atoms with E-state index in [9.17, 15) is 32.3 Å². The summed E-state index contributed by atoms with van der Waals surface area (Å²) in [5, 5.41) is 14.6. The Balaban J connectivity index is 1.69. The molecule has 1 amide bonds. The summed E-state index contributed by atoms with van der Waals surface area (Å²) in [4.78, 5) is 26.8. The molecule has 0 aliphatic carbocycles. The van der Waals surface area contributed by atoms with E-state index in [1.165, 1.54) is 41.1 Å². The molecule has 182 valence electrons. The summed E-state index contributed by atoms with van der Waals surface area (Å²) in [5.74, 6) is -2.71.